The quantitative estimate of drug-likeness (QED) is 0.697. The van der Waals surface area contributed by atoms with Gasteiger partial charge in [-0.3, -0.25) is 4.79 Å². The summed E-state index contributed by atoms with van der Waals surface area (Å²) in [5.74, 6) is 1.16. The molecule has 0 aromatic carbocycles. The standard InChI is InChI=1S/C22H39NO3/c1-14(2)6-7-17(23)18(20(3,4)5)19(24)26-22-11-15-8-16(12-22)10-21(25,9-15)13-22/h14-18,25H,6-13,23H2,1-5H3. The van der Waals surface area contributed by atoms with Gasteiger partial charge in [0.05, 0.1) is 11.5 Å². The predicted octanol–water partition coefficient (Wildman–Crippen LogP) is 4.04. The van der Waals surface area contributed by atoms with Gasteiger partial charge in [0.2, 0.25) is 0 Å². The predicted molar refractivity (Wildman–Crippen MR) is 103 cm³/mol. The van der Waals surface area contributed by atoms with Crippen LogP contribution in [0.15, 0.2) is 0 Å². The summed E-state index contributed by atoms with van der Waals surface area (Å²) in [6.07, 6.45) is 7.31. The number of carbonyl (C=O) groups excluding carboxylic acids is 1. The zero-order chi connectivity index (χ0) is 19.3. The Kier molecular flexibility index (Phi) is 5.24. The maximum absolute atomic E-state index is 13.3. The molecule has 4 nitrogen and oxygen atoms in total. The maximum atomic E-state index is 13.3. The first-order valence-corrected chi connectivity index (χ1v) is 10.6. The lowest BCUT2D eigenvalue weighted by Gasteiger charge is -2.59. The second kappa shape index (κ2) is 6.77. The van der Waals surface area contributed by atoms with Gasteiger partial charge in [0.1, 0.15) is 5.60 Å². The minimum atomic E-state index is -0.610. The molecule has 150 valence electrons. The smallest absolute Gasteiger partial charge is 0.311 e. The number of rotatable bonds is 6. The first-order chi connectivity index (χ1) is 11.9. The lowest BCUT2D eigenvalue weighted by molar-refractivity contribution is -0.224. The van der Waals surface area contributed by atoms with Crippen LogP contribution in [0.4, 0.5) is 0 Å². The van der Waals surface area contributed by atoms with E-state index in [-0.39, 0.29) is 23.3 Å². The van der Waals surface area contributed by atoms with Crippen LogP contribution in [0.25, 0.3) is 0 Å². The van der Waals surface area contributed by atoms with Crippen LogP contribution in [0.1, 0.15) is 86.0 Å². The average Bonchev–Trinajstić information content (AvgIpc) is 2.39. The van der Waals surface area contributed by atoms with E-state index in [0.29, 0.717) is 24.2 Å². The first kappa shape index (κ1) is 20.1. The number of esters is 1. The maximum Gasteiger partial charge on any atom is 0.311 e. The van der Waals surface area contributed by atoms with Gasteiger partial charge in [-0.1, -0.05) is 34.6 Å². The fraction of sp³-hybridized carbons (Fsp3) is 0.955. The highest BCUT2D eigenvalue weighted by Crippen LogP contribution is 2.59. The second-order valence-electron chi connectivity index (χ2n) is 11.3. The van der Waals surface area contributed by atoms with Crippen LogP contribution in [0.3, 0.4) is 0 Å². The highest BCUT2D eigenvalue weighted by Gasteiger charge is 2.59. The molecule has 4 rings (SSSR count). The molecule has 0 amide bonds. The zero-order valence-electron chi connectivity index (χ0n) is 17.4. The Hall–Kier alpha value is -0.610. The van der Waals surface area contributed by atoms with Gasteiger partial charge >= 0.3 is 5.97 Å². The number of nitrogens with two attached hydrogens (primary N) is 1. The van der Waals surface area contributed by atoms with Crippen molar-refractivity contribution in [3.8, 4) is 0 Å². The summed E-state index contributed by atoms with van der Waals surface area (Å²) in [4.78, 5) is 13.3. The SMILES string of the molecule is CC(C)CCC(N)C(C(=O)OC12CC3CC(CC(O)(C3)C1)C2)C(C)(C)C. The van der Waals surface area contributed by atoms with Crippen molar-refractivity contribution in [2.75, 3.05) is 0 Å². The molecule has 0 radical (unpaired) electrons. The van der Waals surface area contributed by atoms with Crippen molar-refractivity contribution in [1.29, 1.82) is 0 Å². The van der Waals surface area contributed by atoms with Gasteiger partial charge in [-0.05, 0) is 68.1 Å². The molecule has 0 aromatic rings. The highest BCUT2D eigenvalue weighted by atomic mass is 16.6. The van der Waals surface area contributed by atoms with Crippen LogP contribution >= 0.6 is 0 Å². The van der Waals surface area contributed by atoms with Crippen molar-refractivity contribution >= 4 is 5.97 Å². The summed E-state index contributed by atoms with van der Waals surface area (Å²) in [7, 11) is 0. The third kappa shape index (κ3) is 4.11. The molecule has 0 aromatic heterocycles. The van der Waals surface area contributed by atoms with E-state index in [1.54, 1.807) is 0 Å². The molecule has 4 atom stereocenters. The van der Waals surface area contributed by atoms with Gasteiger partial charge in [0, 0.05) is 12.5 Å². The summed E-state index contributed by atoms with van der Waals surface area (Å²) in [5, 5.41) is 10.9. The Bertz CT molecular complexity index is 522. The van der Waals surface area contributed by atoms with Crippen LogP contribution in [0.2, 0.25) is 0 Å². The molecule has 4 aliphatic carbocycles. The van der Waals surface area contributed by atoms with E-state index in [1.165, 1.54) is 6.42 Å². The van der Waals surface area contributed by atoms with Crippen LogP contribution < -0.4 is 5.73 Å². The number of hydrogen-bond donors (Lipinski definition) is 2. The molecule has 4 bridgehead atoms. The first-order valence-electron chi connectivity index (χ1n) is 10.6. The highest BCUT2D eigenvalue weighted by molar-refractivity contribution is 5.74. The third-order valence-corrected chi connectivity index (χ3v) is 6.99. The van der Waals surface area contributed by atoms with Gasteiger partial charge < -0.3 is 15.6 Å². The fourth-order valence-corrected chi connectivity index (χ4v) is 6.39. The van der Waals surface area contributed by atoms with Crippen LogP contribution in [-0.4, -0.2) is 28.3 Å². The summed E-state index contributed by atoms with van der Waals surface area (Å²) in [6.45, 7) is 10.6. The molecular formula is C22H39NO3. The van der Waals surface area contributed by atoms with Crippen molar-refractivity contribution in [2.24, 2.45) is 34.8 Å². The van der Waals surface area contributed by atoms with Crippen molar-refractivity contribution in [3.63, 3.8) is 0 Å². The van der Waals surface area contributed by atoms with E-state index in [4.69, 9.17) is 10.5 Å². The largest absolute Gasteiger partial charge is 0.459 e. The van der Waals surface area contributed by atoms with E-state index in [2.05, 4.69) is 34.6 Å². The average molecular weight is 366 g/mol. The third-order valence-electron chi connectivity index (χ3n) is 6.99. The molecule has 0 saturated heterocycles. The van der Waals surface area contributed by atoms with E-state index >= 15 is 0 Å². The van der Waals surface area contributed by atoms with E-state index in [1.807, 2.05) is 0 Å². The van der Waals surface area contributed by atoms with Gasteiger partial charge in [-0.2, -0.15) is 0 Å². The number of hydrogen-bond acceptors (Lipinski definition) is 4. The van der Waals surface area contributed by atoms with Crippen LogP contribution in [0.5, 0.6) is 0 Å². The Balaban J connectivity index is 1.73. The zero-order valence-corrected chi connectivity index (χ0v) is 17.4. The minimum Gasteiger partial charge on any atom is -0.459 e. The van der Waals surface area contributed by atoms with E-state index < -0.39 is 11.2 Å². The number of carbonyl (C=O) groups is 1. The van der Waals surface area contributed by atoms with Crippen molar-refractivity contribution in [3.05, 3.63) is 0 Å². The Labute approximate surface area is 159 Å². The van der Waals surface area contributed by atoms with Gasteiger partial charge in [-0.15, -0.1) is 0 Å². The lowest BCUT2D eigenvalue weighted by Crippen LogP contribution is -2.61. The van der Waals surface area contributed by atoms with Gasteiger partial charge in [-0.25, -0.2) is 0 Å². The minimum absolute atomic E-state index is 0.140. The van der Waals surface area contributed by atoms with Crippen molar-refractivity contribution in [1.82, 2.24) is 0 Å². The van der Waals surface area contributed by atoms with Crippen molar-refractivity contribution < 1.29 is 14.6 Å². The summed E-state index contributed by atoms with van der Waals surface area (Å²) < 4.78 is 6.25. The molecule has 4 unspecified atom stereocenters. The van der Waals surface area contributed by atoms with Crippen LogP contribution in [-0.2, 0) is 9.53 Å². The molecule has 4 heteroatoms. The Morgan fingerprint density at radius 1 is 1.15 bits per heavy atom. The molecule has 3 N–H and O–H groups in total. The molecule has 0 spiro atoms. The fourth-order valence-electron chi connectivity index (χ4n) is 6.39. The summed E-state index contributed by atoms with van der Waals surface area (Å²) >= 11 is 0. The summed E-state index contributed by atoms with van der Waals surface area (Å²) in [6, 6.07) is -0.179. The Morgan fingerprint density at radius 2 is 1.73 bits per heavy atom. The molecule has 26 heavy (non-hydrogen) atoms. The molecular weight excluding hydrogens is 326 g/mol. The number of aliphatic hydroxyl groups is 1. The second-order valence-corrected chi connectivity index (χ2v) is 11.3. The van der Waals surface area contributed by atoms with Gasteiger partial charge in [0.25, 0.3) is 0 Å². The normalized spacial score (nSPS) is 38.5. The molecule has 4 fully saturated rings. The monoisotopic (exact) mass is 365 g/mol. The molecule has 4 aliphatic rings. The Morgan fingerprint density at radius 3 is 2.19 bits per heavy atom. The molecule has 4 saturated carbocycles. The topological polar surface area (TPSA) is 72.6 Å². The van der Waals surface area contributed by atoms with Crippen LogP contribution in [0, 0.1) is 29.1 Å². The molecule has 0 heterocycles. The number of ether oxygens (including phenoxy) is 1. The summed E-state index contributed by atoms with van der Waals surface area (Å²) in [5.41, 5.74) is 5.21. The van der Waals surface area contributed by atoms with E-state index in [0.717, 1.165) is 38.5 Å². The molecule has 0 aliphatic heterocycles. The lowest BCUT2D eigenvalue weighted by atomic mass is 9.52. The van der Waals surface area contributed by atoms with Gasteiger partial charge in [0.15, 0.2) is 0 Å². The van der Waals surface area contributed by atoms with E-state index in [9.17, 15) is 9.90 Å². The van der Waals surface area contributed by atoms with Crippen molar-refractivity contribution in [2.45, 2.75) is 103 Å².